The number of rotatable bonds is 22. The van der Waals surface area contributed by atoms with E-state index < -0.39 is 42.8 Å². The van der Waals surface area contributed by atoms with Gasteiger partial charge >= 0.3 is 0 Å². The second-order valence-electron chi connectivity index (χ2n) is 8.95. The summed E-state index contributed by atoms with van der Waals surface area (Å²) in [4.78, 5) is 12.0. The van der Waals surface area contributed by atoms with Gasteiger partial charge in [0.05, 0.1) is 18.8 Å². The zero-order valence-corrected chi connectivity index (χ0v) is 19.6. The molecule has 0 radical (unpaired) electrons. The largest absolute Gasteiger partial charge is 0.394 e. The monoisotopic (exact) mass is 447 g/mol. The molecule has 7 nitrogen and oxygen atoms in total. The number of aliphatic hydroxyl groups is 5. The standard InChI is InChI=1S/C24H49NO6/c1-2-3-4-5-6-7-8-9-10-11-12-13-14-15-19(27)16-17-20(28)22(25)24(31)23(30)21(29)18-26/h19,21-24,26-27,29-31H,2-18,25H2,1H3/t19?,21-,22+,23-,24-/m1/s1. The van der Waals surface area contributed by atoms with E-state index in [-0.39, 0.29) is 12.8 Å². The molecule has 7 N–H and O–H groups in total. The predicted octanol–water partition coefficient (Wildman–Crippen LogP) is 2.58. The van der Waals surface area contributed by atoms with Crippen LogP contribution in [0.3, 0.4) is 0 Å². The number of nitrogens with two attached hydrogens (primary N) is 1. The van der Waals surface area contributed by atoms with Crippen LogP contribution in [0.5, 0.6) is 0 Å². The molecule has 0 fully saturated rings. The maximum absolute atomic E-state index is 12.0. The van der Waals surface area contributed by atoms with Crippen LogP contribution in [-0.4, -0.2) is 68.4 Å². The molecule has 7 heteroatoms. The molecule has 0 rings (SSSR count). The van der Waals surface area contributed by atoms with E-state index in [1.165, 1.54) is 70.6 Å². The fraction of sp³-hybridized carbons (Fsp3) is 0.958. The summed E-state index contributed by atoms with van der Waals surface area (Å²) < 4.78 is 0. The van der Waals surface area contributed by atoms with E-state index in [9.17, 15) is 25.2 Å². The SMILES string of the molecule is CCCCCCCCCCCCCCCC(O)CCC(=O)[C@H](N)[C@@H](O)[C@H](O)[C@H](O)CO. The van der Waals surface area contributed by atoms with Crippen LogP contribution < -0.4 is 5.73 Å². The van der Waals surface area contributed by atoms with E-state index in [4.69, 9.17) is 10.8 Å². The minimum atomic E-state index is -1.69. The fourth-order valence-electron chi connectivity index (χ4n) is 3.76. The molecular weight excluding hydrogens is 398 g/mol. The number of aliphatic hydroxyl groups excluding tert-OH is 5. The second kappa shape index (κ2) is 20.1. The molecule has 0 spiro atoms. The van der Waals surface area contributed by atoms with Crippen molar-refractivity contribution in [1.29, 1.82) is 0 Å². The zero-order chi connectivity index (χ0) is 23.5. The quantitative estimate of drug-likeness (QED) is 0.140. The van der Waals surface area contributed by atoms with Crippen molar-refractivity contribution in [2.45, 2.75) is 140 Å². The van der Waals surface area contributed by atoms with Crippen LogP contribution in [0.4, 0.5) is 0 Å². The number of hydrogen-bond acceptors (Lipinski definition) is 7. The van der Waals surface area contributed by atoms with Gasteiger partial charge < -0.3 is 31.3 Å². The molecule has 0 aromatic heterocycles. The Bertz CT molecular complexity index is 423. The summed E-state index contributed by atoms with van der Waals surface area (Å²) in [6.45, 7) is 1.50. The fourth-order valence-corrected chi connectivity index (χ4v) is 3.76. The van der Waals surface area contributed by atoms with Crippen molar-refractivity contribution in [1.82, 2.24) is 0 Å². The van der Waals surface area contributed by atoms with Crippen molar-refractivity contribution in [3.63, 3.8) is 0 Å². The molecule has 0 aliphatic rings. The Hall–Kier alpha value is -0.570. The number of hydrogen-bond donors (Lipinski definition) is 6. The van der Waals surface area contributed by atoms with Crippen molar-refractivity contribution in [3.05, 3.63) is 0 Å². The Labute approximate surface area is 189 Å². The smallest absolute Gasteiger partial charge is 0.152 e. The lowest BCUT2D eigenvalue weighted by molar-refractivity contribution is -0.129. The molecular formula is C24H49NO6. The van der Waals surface area contributed by atoms with Crippen molar-refractivity contribution < 1.29 is 30.3 Å². The average Bonchev–Trinajstić information content (AvgIpc) is 2.78. The summed E-state index contributed by atoms with van der Waals surface area (Å²) in [6, 6.07) is -1.36. The van der Waals surface area contributed by atoms with E-state index >= 15 is 0 Å². The van der Waals surface area contributed by atoms with Gasteiger partial charge in [0, 0.05) is 6.42 Å². The summed E-state index contributed by atoms with van der Waals surface area (Å²) in [7, 11) is 0. The first-order valence-electron chi connectivity index (χ1n) is 12.5. The summed E-state index contributed by atoms with van der Waals surface area (Å²) in [5.74, 6) is -0.485. The maximum Gasteiger partial charge on any atom is 0.152 e. The zero-order valence-electron chi connectivity index (χ0n) is 19.6. The van der Waals surface area contributed by atoms with Gasteiger partial charge in [0.2, 0.25) is 0 Å². The minimum absolute atomic E-state index is 0.000220. The van der Waals surface area contributed by atoms with Gasteiger partial charge in [-0.15, -0.1) is 0 Å². The molecule has 0 saturated carbocycles. The summed E-state index contributed by atoms with van der Waals surface area (Å²) in [6.07, 6.45) is 11.9. The molecule has 5 atom stereocenters. The van der Waals surface area contributed by atoms with E-state index in [1.807, 2.05) is 0 Å². The van der Waals surface area contributed by atoms with E-state index in [0.717, 1.165) is 12.8 Å². The third kappa shape index (κ3) is 15.8. The van der Waals surface area contributed by atoms with Gasteiger partial charge in [-0.2, -0.15) is 0 Å². The van der Waals surface area contributed by atoms with Gasteiger partial charge in [0.1, 0.15) is 18.3 Å². The molecule has 31 heavy (non-hydrogen) atoms. The molecule has 0 aliphatic heterocycles. The topological polar surface area (TPSA) is 144 Å². The van der Waals surface area contributed by atoms with Crippen molar-refractivity contribution >= 4 is 5.78 Å². The first-order valence-corrected chi connectivity index (χ1v) is 12.5. The first-order chi connectivity index (χ1) is 14.8. The molecule has 0 aromatic carbocycles. The predicted molar refractivity (Wildman–Crippen MR) is 124 cm³/mol. The van der Waals surface area contributed by atoms with Crippen LogP contribution in [0.15, 0.2) is 0 Å². The lowest BCUT2D eigenvalue weighted by Gasteiger charge is -2.25. The highest BCUT2D eigenvalue weighted by Gasteiger charge is 2.32. The molecule has 0 saturated heterocycles. The Kier molecular flexibility index (Phi) is 19.7. The maximum atomic E-state index is 12.0. The van der Waals surface area contributed by atoms with Gasteiger partial charge in [-0.25, -0.2) is 0 Å². The first kappa shape index (κ1) is 30.4. The van der Waals surface area contributed by atoms with Gasteiger partial charge in [-0.1, -0.05) is 90.4 Å². The second-order valence-corrected chi connectivity index (χ2v) is 8.95. The third-order valence-electron chi connectivity index (χ3n) is 6.04. The lowest BCUT2D eigenvalue weighted by atomic mass is 9.95. The van der Waals surface area contributed by atoms with Crippen LogP contribution >= 0.6 is 0 Å². The van der Waals surface area contributed by atoms with Crippen molar-refractivity contribution in [2.75, 3.05) is 6.61 Å². The van der Waals surface area contributed by atoms with Crippen molar-refractivity contribution in [3.8, 4) is 0 Å². The van der Waals surface area contributed by atoms with Crippen LogP contribution in [-0.2, 0) is 4.79 Å². The average molecular weight is 448 g/mol. The van der Waals surface area contributed by atoms with Gasteiger partial charge in [0.25, 0.3) is 0 Å². The van der Waals surface area contributed by atoms with E-state index in [0.29, 0.717) is 6.42 Å². The summed E-state index contributed by atoms with van der Waals surface area (Å²) in [5, 5.41) is 47.6. The number of Topliss-reactive ketones (excluding diaryl/α,β-unsaturated/α-hetero) is 1. The Morgan fingerprint density at radius 2 is 1.16 bits per heavy atom. The number of carbonyl (C=O) groups is 1. The Morgan fingerprint density at radius 1 is 0.710 bits per heavy atom. The normalized spacial score (nSPS) is 16.6. The van der Waals surface area contributed by atoms with Gasteiger partial charge in [-0.3, -0.25) is 4.79 Å². The van der Waals surface area contributed by atoms with Crippen LogP contribution in [0.2, 0.25) is 0 Å². The van der Waals surface area contributed by atoms with E-state index in [1.54, 1.807) is 0 Å². The molecule has 0 amide bonds. The molecule has 1 unspecified atom stereocenters. The van der Waals surface area contributed by atoms with Crippen LogP contribution in [0.25, 0.3) is 0 Å². The van der Waals surface area contributed by atoms with Gasteiger partial charge in [-0.05, 0) is 12.8 Å². The van der Waals surface area contributed by atoms with Crippen LogP contribution in [0.1, 0.15) is 110 Å². The molecule has 0 aliphatic carbocycles. The molecule has 0 aromatic rings. The number of ketones is 1. The molecule has 186 valence electrons. The summed E-state index contributed by atoms with van der Waals surface area (Å²) in [5.41, 5.74) is 5.63. The van der Waals surface area contributed by atoms with E-state index in [2.05, 4.69) is 6.92 Å². The highest BCUT2D eigenvalue weighted by atomic mass is 16.4. The Balaban J connectivity index is 3.65. The molecule has 0 bridgehead atoms. The third-order valence-corrected chi connectivity index (χ3v) is 6.04. The number of carbonyl (C=O) groups excluding carboxylic acids is 1. The van der Waals surface area contributed by atoms with Gasteiger partial charge in [0.15, 0.2) is 5.78 Å². The highest BCUT2D eigenvalue weighted by molar-refractivity contribution is 5.84. The molecule has 0 heterocycles. The lowest BCUT2D eigenvalue weighted by Crippen LogP contribution is -2.52. The van der Waals surface area contributed by atoms with Crippen molar-refractivity contribution in [2.24, 2.45) is 5.73 Å². The Morgan fingerprint density at radius 3 is 1.61 bits per heavy atom. The number of unbranched alkanes of at least 4 members (excludes halogenated alkanes) is 12. The van der Waals surface area contributed by atoms with Crippen LogP contribution in [0, 0.1) is 0 Å². The summed E-state index contributed by atoms with van der Waals surface area (Å²) >= 11 is 0. The minimum Gasteiger partial charge on any atom is -0.394 e. The highest BCUT2D eigenvalue weighted by Crippen LogP contribution is 2.15.